The Morgan fingerprint density at radius 3 is 2.61 bits per heavy atom. The normalized spacial score (nSPS) is 34.0. The molecule has 2 fully saturated rings. The van der Waals surface area contributed by atoms with Crippen LogP contribution >= 0.6 is 0 Å². The van der Waals surface area contributed by atoms with Gasteiger partial charge in [0.15, 0.2) is 0 Å². The predicted octanol–water partition coefficient (Wildman–Crippen LogP) is 1.16. The van der Waals surface area contributed by atoms with Gasteiger partial charge in [0.1, 0.15) is 0 Å². The summed E-state index contributed by atoms with van der Waals surface area (Å²) in [6.45, 7) is 2.79. The van der Waals surface area contributed by atoms with E-state index in [2.05, 4.69) is 10.6 Å². The number of carbonyl (C=O) groups excluding carboxylic acids is 1. The van der Waals surface area contributed by atoms with Gasteiger partial charge in [0.25, 0.3) is 0 Å². The first kappa shape index (κ1) is 13.6. The van der Waals surface area contributed by atoms with Crippen LogP contribution in [0.3, 0.4) is 0 Å². The van der Waals surface area contributed by atoms with Crippen molar-refractivity contribution < 1.29 is 14.6 Å². The zero-order chi connectivity index (χ0) is 13.0. The molecule has 1 aliphatic heterocycles. The SMILES string of the molecule is CC(NC(=O)NC1CCC(O)CC1)C1CCCO1. The highest BCUT2D eigenvalue weighted by Gasteiger charge is 2.25. The topological polar surface area (TPSA) is 70.6 Å². The summed E-state index contributed by atoms with van der Waals surface area (Å²) in [4.78, 5) is 11.8. The van der Waals surface area contributed by atoms with E-state index in [0.29, 0.717) is 0 Å². The van der Waals surface area contributed by atoms with Gasteiger partial charge in [-0.15, -0.1) is 0 Å². The number of nitrogens with one attached hydrogen (secondary N) is 2. The maximum atomic E-state index is 11.8. The molecule has 1 aliphatic carbocycles. The molecule has 0 spiro atoms. The number of hydrogen-bond donors (Lipinski definition) is 3. The van der Waals surface area contributed by atoms with Gasteiger partial charge in [-0.05, 0) is 45.4 Å². The smallest absolute Gasteiger partial charge is 0.315 e. The van der Waals surface area contributed by atoms with E-state index in [4.69, 9.17) is 4.74 Å². The molecule has 0 radical (unpaired) electrons. The molecule has 0 bridgehead atoms. The first-order valence-corrected chi connectivity index (χ1v) is 7.02. The molecule has 0 aromatic rings. The van der Waals surface area contributed by atoms with Crippen molar-refractivity contribution in [3.8, 4) is 0 Å². The van der Waals surface area contributed by atoms with Gasteiger partial charge in [0.2, 0.25) is 0 Å². The van der Waals surface area contributed by atoms with Crippen molar-refractivity contribution in [2.75, 3.05) is 6.61 Å². The molecule has 0 aromatic heterocycles. The van der Waals surface area contributed by atoms with E-state index in [9.17, 15) is 9.90 Å². The zero-order valence-electron chi connectivity index (χ0n) is 11.0. The van der Waals surface area contributed by atoms with Gasteiger partial charge in [-0.2, -0.15) is 0 Å². The molecule has 1 saturated heterocycles. The van der Waals surface area contributed by atoms with Gasteiger partial charge in [-0.25, -0.2) is 4.79 Å². The summed E-state index contributed by atoms with van der Waals surface area (Å²) in [5, 5.41) is 15.3. The molecule has 2 amide bonds. The zero-order valence-corrected chi connectivity index (χ0v) is 11.0. The van der Waals surface area contributed by atoms with Crippen molar-refractivity contribution >= 4 is 6.03 Å². The summed E-state index contributed by atoms with van der Waals surface area (Å²) in [6.07, 6.45) is 5.38. The van der Waals surface area contributed by atoms with Gasteiger partial charge in [-0.1, -0.05) is 0 Å². The quantitative estimate of drug-likeness (QED) is 0.709. The second-order valence-corrected chi connectivity index (χ2v) is 5.46. The van der Waals surface area contributed by atoms with Gasteiger partial charge in [0.05, 0.1) is 18.2 Å². The molecule has 0 aromatic carbocycles. The Morgan fingerprint density at radius 2 is 2.00 bits per heavy atom. The Bertz CT molecular complexity index is 271. The first-order valence-electron chi connectivity index (χ1n) is 7.02. The molecule has 3 N–H and O–H groups in total. The van der Waals surface area contributed by atoms with E-state index >= 15 is 0 Å². The van der Waals surface area contributed by atoms with Crippen molar-refractivity contribution in [1.82, 2.24) is 10.6 Å². The van der Waals surface area contributed by atoms with Crippen LogP contribution in [0.5, 0.6) is 0 Å². The summed E-state index contributed by atoms with van der Waals surface area (Å²) >= 11 is 0. The third kappa shape index (κ3) is 3.85. The largest absolute Gasteiger partial charge is 0.393 e. The van der Waals surface area contributed by atoms with Crippen LogP contribution in [0.1, 0.15) is 45.4 Å². The number of hydrogen-bond acceptors (Lipinski definition) is 3. The number of urea groups is 1. The molecule has 2 unspecified atom stereocenters. The van der Waals surface area contributed by atoms with Crippen LogP contribution in [0.4, 0.5) is 4.79 Å². The van der Waals surface area contributed by atoms with Crippen molar-refractivity contribution in [2.24, 2.45) is 0 Å². The monoisotopic (exact) mass is 256 g/mol. The molecule has 18 heavy (non-hydrogen) atoms. The number of aliphatic hydroxyl groups is 1. The minimum atomic E-state index is -0.183. The Labute approximate surface area is 108 Å². The van der Waals surface area contributed by atoms with Crippen LogP contribution < -0.4 is 10.6 Å². The van der Waals surface area contributed by atoms with Crippen LogP contribution in [-0.4, -0.2) is 42.0 Å². The average molecular weight is 256 g/mol. The summed E-state index contributed by atoms with van der Waals surface area (Å²) < 4.78 is 5.54. The van der Waals surface area contributed by atoms with E-state index < -0.39 is 0 Å². The number of rotatable bonds is 3. The third-order valence-corrected chi connectivity index (χ3v) is 3.91. The fraction of sp³-hybridized carbons (Fsp3) is 0.923. The fourth-order valence-electron chi connectivity index (χ4n) is 2.74. The lowest BCUT2D eigenvalue weighted by Gasteiger charge is -2.27. The summed E-state index contributed by atoms with van der Waals surface area (Å²) in [5.41, 5.74) is 0. The summed E-state index contributed by atoms with van der Waals surface area (Å²) in [6, 6.07) is 0.145. The van der Waals surface area contributed by atoms with E-state index in [1.165, 1.54) is 0 Å². The molecule has 1 heterocycles. The molecule has 2 rings (SSSR count). The molecule has 2 atom stereocenters. The van der Waals surface area contributed by atoms with Crippen molar-refractivity contribution in [1.29, 1.82) is 0 Å². The van der Waals surface area contributed by atoms with Crippen LogP contribution in [0.25, 0.3) is 0 Å². The van der Waals surface area contributed by atoms with Crippen molar-refractivity contribution in [2.45, 2.75) is 69.7 Å². The Hall–Kier alpha value is -0.810. The number of aliphatic hydroxyl groups excluding tert-OH is 1. The van der Waals surface area contributed by atoms with Crippen LogP contribution in [0.2, 0.25) is 0 Å². The maximum Gasteiger partial charge on any atom is 0.315 e. The number of amides is 2. The third-order valence-electron chi connectivity index (χ3n) is 3.91. The van der Waals surface area contributed by atoms with E-state index in [1.54, 1.807) is 0 Å². The maximum absolute atomic E-state index is 11.8. The van der Waals surface area contributed by atoms with E-state index in [-0.39, 0.29) is 30.3 Å². The Kier molecular flexibility index (Phi) is 4.83. The summed E-state index contributed by atoms with van der Waals surface area (Å²) in [5.74, 6) is 0. The Balaban J connectivity index is 1.68. The molecule has 104 valence electrons. The van der Waals surface area contributed by atoms with Gasteiger partial charge >= 0.3 is 6.03 Å². The second kappa shape index (κ2) is 6.38. The van der Waals surface area contributed by atoms with Crippen LogP contribution in [-0.2, 0) is 4.74 Å². The highest BCUT2D eigenvalue weighted by atomic mass is 16.5. The van der Waals surface area contributed by atoms with Crippen molar-refractivity contribution in [3.05, 3.63) is 0 Å². The average Bonchev–Trinajstić information content (AvgIpc) is 2.85. The highest BCUT2D eigenvalue weighted by molar-refractivity contribution is 5.74. The molecule has 1 saturated carbocycles. The van der Waals surface area contributed by atoms with Gasteiger partial charge in [0, 0.05) is 12.6 Å². The second-order valence-electron chi connectivity index (χ2n) is 5.46. The van der Waals surface area contributed by atoms with Crippen LogP contribution in [0.15, 0.2) is 0 Å². The van der Waals surface area contributed by atoms with Gasteiger partial charge in [-0.3, -0.25) is 0 Å². The molecule has 2 aliphatic rings. The minimum absolute atomic E-state index is 0.0571. The minimum Gasteiger partial charge on any atom is -0.393 e. The lowest BCUT2D eigenvalue weighted by molar-refractivity contribution is 0.0851. The lowest BCUT2D eigenvalue weighted by Crippen LogP contribution is -2.49. The Morgan fingerprint density at radius 1 is 1.28 bits per heavy atom. The first-order chi connectivity index (χ1) is 8.65. The van der Waals surface area contributed by atoms with Crippen LogP contribution in [0, 0.1) is 0 Å². The van der Waals surface area contributed by atoms with E-state index in [0.717, 1.165) is 45.1 Å². The summed E-state index contributed by atoms with van der Waals surface area (Å²) in [7, 11) is 0. The van der Waals surface area contributed by atoms with Gasteiger partial charge < -0.3 is 20.5 Å². The predicted molar refractivity (Wildman–Crippen MR) is 68.4 cm³/mol. The molecule has 5 nitrogen and oxygen atoms in total. The standard InChI is InChI=1S/C13H24N2O3/c1-9(12-3-2-8-18-12)14-13(17)15-10-4-6-11(16)7-5-10/h9-12,16H,2-8H2,1H3,(H2,14,15,17). The molecular formula is C13H24N2O3. The fourth-order valence-corrected chi connectivity index (χ4v) is 2.74. The number of ether oxygens (including phenoxy) is 1. The lowest BCUT2D eigenvalue weighted by atomic mass is 9.93. The molecular weight excluding hydrogens is 232 g/mol. The number of carbonyl (C=O) groups is 1. The van der Waals surface area contributed by atoms with E-state index in [1.807, 2.05) is 6.92 Å². The highest BCUT2D eigenvalue weighted by Crippen LogP contribution is 2.18. The van der Waals surface area contributed by atoms with Crippen molar-refractivity contribution in [3.63, 3.8) is 0 Å². The molecule has 5 heteroatoms.